The molecule has 1 amide bonds. The monoisotopic (exact) mass is 436 g/mol. The van der Waals surface area contributed by atoms with E-state index in [4.69, 9.17) is 16.3 Å². The Hall–Kier alpha value is -3.49. The van der Waals surface area contributed by atoms with Crippen LogP contribution in [-0.4, -0.2) is 20.0 Å². The minimum atomic E-state index is -3.90. The van der Waals surface area contributed by atoms with E-state index in [0.717, 1.165) is 16.7 Å². The van der Waals surface area contributed by atoms with Crippen LogP contribution in [0.15, 0.2) is 65.6 Å². The van der Waals surface area contributed by atoms with Crippen LogP contribution in [0.1, 0.15) is 27.8 Å². The van der Waals surface area contributed by atoms with Gasteiger partial charge in [0.2, 0.25) is 15.9 Å². The van der Waals surface area contributed by atoms with Gasteiger partial charge in [-0.2, -0.15) is 0 Å². The van der Waals surface area contributed by atoms with Crippen LogP contribution in [-0.2, 0) is 21.2 Å². The van der Waals surface area contributed by atoms with E-state index in [1.54, 1.807) is 18.2 Å². The molecule has 0 radical (unpaired) electrons. The highest BCUT2D eigenvalue weighted by Gasteiger charge is 2.16. The molecule has 3 rings (SSSR count). The van der Waals surface area contributed by atoms with E-state index < -0.39 is 10.0 Å². The highest BCUT2D eigenvalue weighted by molar-refractivity contribution is 7.89. The Morgan fingerprint density at radius 2 is 1.71 bits per heavy atom. The summed E-state index contributed by atoms with van der Waals surface area (Å²) in [7, 11) is -3.90. The summed E-state index contributed by atoms with van der Waals surface area (Å²) in [4.78, 5) is 12.5. The highest BCUT2D eigenvalue weighted by atomic mass is 32.2. The molecular weight excluding hydrogens is 412 g/mol. The second-order valence-corrected chi connectivity index (χ2v) is 8.92. The molecule has 0 atom stereocenters. The molecule has 31 heavy (non-hydrogen) atoms. The van der Waals surface area contributed by atoms with E-state index in [-0.39, 0.29) is 22.9 Å². The van der Waals surface area contributed by atoms with E-state index in [1.165, 1.54) is 18.2 Å². The Morgan fingerprint density at radius 1 is 1.00 bits per heavy atom. The van der Waals surface area contributed by atoms with E-state index in [0.29, 0.717) is 22.5 Å². The van der Waals surface area contributed by atoms with Crippen molar-refractivity contribution in [2.24, 2.45) is 5.14 Å². The average molecular weight is 437 g/mol. The molecule has 0 aromatic heterocycles. The first-order valence-electron chi connectivity index (χ1n) is 9.53. The molecule has 0 saturated heterocycles. The van der Waals surface area contributed by atoms with Crippen molar-refractivity contribution in [3.63, 3.8) is 0 Å². The molecule has 0 aliphatic heterocycles. The van der Waals surface area contributed by atoms with Gasteiger partial charge in [-0.3, -0.25) is 10.2 Å². The Kier molecular flexibility index (Phi) is 6.24. The molecule has 0 bridgehead atoms. The number of primary sulfonamides is 1. The number of carbonyl (C=O) groups is 1. The molecule has 7 nitrogen and oxygen atoms in total. The molecule has 0 aliphatic carbocycles. The second-order valence-electron chi connectivity index (χ2n) is 7.35. The standard InChI is InChI=1S/C23H24N4O3S/c1-14-6-3-4-7-16(14)12-22(28)27-21-13-19(20(24)10-15(21)2)23(25)17-8-5-9-18(11-17)31(26,29)30/h3-11,13,25H,12,24H2,1-2H3,(H,27,28)(H2,26,29,30). The Bertz CT molecular complexity index is 1280. The number of nitrogens with two attached hydrogens (primary N) is 2. The van der Waals surface area contributed by atoms with Crippen LogP contribution in [0.5, 0.6) is 0 Å². The Morgan fingerprint density at radius 3 is 2.39 bits per heavy atom. The lowest BCUT2D eigenvalue weighted by Crippen LogP contribution is -2.17. The van der Waals surface area contributed by atoms with Crippen molar-refractivity contribution in [3.05, 3.63) is 88.5 Å². The number of nitrogens with one attached hydrogen (secondary N) is 2. The predicted octanol–water partition coefficient (Wildman–Crippen LogP) is 3.13. The van der Waals surface area contributed by atoms with Crippen LogP contribution in [0.25, 0.3) is 0 Å². The molecule has 0 fully saturated rings. The highest BCUT2D eigenvalue weighted by Crippen LogP contribution is 2.26. The fraction of sp³-hybridized carbons (Fsp3) is 0.130. The molecule has 0 spiro atoms. The molecule has 160 valence electrons. The zero-order valence-corrected chi connectivity index (χ0v) is 18.1. The lowest BCUT2D eigenvalue weighted by Gasteiger charge is -2.15. The van der Waals surface area contributed by atoms with Crippen LogP contribution >= 0.6 is 0 Å². The topological polar surface area (TPSA) is 139 Å². The largest absolute Gasteiger partial charge is 0.398 e. The van der Waals surface area contributed by atoms with Crippen LogP contribution < -0.4 is 16.2 Å². The van der Waals surface area contributed by atoms with E-state index in [9.17, 15) is 13.2 Å². The number of amides is 1. The number of anilines is 2. The molecule has 0 aliphatic rings. The van der Waals surface area contributed by atoms with Crippen LogP contribution in [0.3, 0.4) is 0 Å². The maximum atomic E-state index is 12.6. The predicted molar refractivity (Wildman–Crippen MR) is 123 cm³/mol. The third-order valence-electron chi connectivity index (χ3n) is 5.00. The van der Waals surface area contributed by atoms with Gasteiger partial charge in [0, 0.05) is 22.5 Å². The van der Waals surface area contributed by atoms with Crippen molar-refractivity contribution < 1.29 is 13.2 Å². The summed E-state index contributed by atoms with van der Waals surface area (Å²) in [5.74, 6) is -0.184. The molecular formula is C23H24N4O3S. The molecule has 0 heterocycles. The van der Waals surface area contributed by atoms with Gasteiger partial charge < -0.3 is 11.1 Å². The number of sulfonamides is 1. The van der Waals surface area contributed by atoms with Crippen molar-refractivity contribution in [2.45, 2.75) is 25.2 Å². The van der Waals surface area contributed by atoms with Gasteiger partial charge in [0.15, 0.2) is 0 Å². The Balaban J connectivity index is 1.90. The molecule has 0 unspecified atom stereocenters. The van der Waals surface area contributed by atoms with Crippen LogP contribution in [0.4, 0.5) is 11.4 Å². The van der Waals surface area contributed by atoms with E-state index in [1.807, 2.05) is 38.1 Å². The van der Waals surface area contributed by atoms with Crippen molar-refractivity contribution in [1.29, 1.82) is 5.41 Å². The number of aryl methyl sites for hydroxylation is 2. The zero-order chi connectivity index (χ0) is 22.8. The van der Waals surface area contributed by atoms with Gasteiger partial charge in [-0.05, 0) is 54.8 Å². The van der Waals surface area contributed by atoms with Gasteiger partial charge >= 0.3 is 0 Å². The summed E-state index contributed by atoms with van der Waals surface area (Å²) < 4.78 is 23.3. The van der Waals surface area contributed by atoms with Gasteiger partial charge in [-0.25, -0.2) is 13.6 Å². The molecule has 8 heteroatoms. The summed E-state index contributed by atoms with van der Waals surface area (Å²) in [5.41, 5.74) is 10.5. The average Bonchev–Trinajstić information content (AvgIpc) is 2.71. The summed E-state index contributed by atoms with van der Waals surface area (Å²) in [6.07, 6.45) is 0.222. The number of nitrogen functional groups attached to an aromatic ring is 1. The number of rotatable bonds is 6. The molecule has 3 aromatic carbocycles. The fourth-order valence-corrected chi connectivity index (χ4v) is 3.80. The first kappa shape index (κ1) is 22.2. The maximum absolute atomic E-state index is 12.6. The van der Waals surface area contributed by atoms with Crippen molar-refractivity contribution >= 4 is 33.0 Å². The van der Waals surface area contributed by atoms with Gasteiger partial charge in [0.05, 0.1) is 17.0 Å². The molecule has 0 saturated carbocycles. The summed E-state index contributed by atoms with van der Waals surface area (Å²) >= 11 is 0. The lowest BCUT2D eigenvalue weighted by molar-refractivity contribution is -0.115. The van der Waals surface area contributed by atoms with Gasteiger partial charge in [-0.15, -0.1) is 0 Å². The summed E-state index contributed by atoms with van der Waals surface area (Å²) in [6, 6.07) is 16.8. The number of hydrogen-bond acceptors (Lipinski definition) is 5. The molecule has 6 N–H and O–H groups in total. The minimum Gasteiger partial charge on any atom is -0.398 e. The third-order valence-corrected chi connectivity index (χ3v) is 5.91. The zero-order valence-electron chi connectivity index (χ0n) is 17.3. The second kappa shape index (κ2) is 8.71. The Labute approximate surface area is 181 Å². The number of hydrogen-bond donors (Lipinski definition) is 4. The van der Waals surface area contributed by atoms with Crippen molar-refractivity contribution in [2.75, 3.05) is 11.1 Å². The number of carbonyl (C=O) groups excluding carboxylic acids is 1. The summed E-state index contributed by atoms with van der Waals surface area (Å²) in [5, 5.41) is 16.6. The van der Waals surface area contributed by atoms with Gasteiger partial charge in [0.1, 0.15) is 0 Å². The maximum Gasteiger partial charge on any atom is 0.238 e. The first-order chi connectivity index (χ1) is 14.6. The summed E-state index contributed by atoms with van der Waals surface area (Å²) in [6.45, 7) is 3.76. The minimum absolute atomic E-state index is 0.0254. The van der Waals surface area contributed by atoms with Gasteiger partial charge in [-0.1, -0.05) is 36.4 Å². The van der Waals surface area contributed by atoms with E-state index in [2.05, 4.69) is 5.32 Å². The normalized spacial score (nSPS) is 11.2. The quantitative estimate of drug-likeness (QED) is 0.348. The SMILES string of the molecule is Cc1ccccc1CC(=O)Nc1cc(C(=N)c2cccc(S(N)(=O)=O)c2)c(N)cc1C. The van der Waals surface area contributed by atoms with Gasteiger partial charge in [0.25, 0.3) is 0 Å². The van der Waals surface area contributed by atoms with Crippen molar-refractivity contribution in [1.82, 2.24) is 0 Å². The van der Waals surface area contributed by atoms with E-state index >= 15 is 0 Å². The van der Waals surface area contributed by atoms with Crippen LogP contribution in [0.2, 0.25) is 0 Å². The first-order valence-corrected chi connectivity index (χ1v) is 11.1. The van der Waals surface area contributed by atoms with Crippen molar-refractivity contribution in [3.8, 4) is 0 Å². The van der Waals surface area contributed by atoms with Crippen LogP contribution in [0, 0.1) is 19.3 Å². The fourth-order valence-electron chi connectivity index (χ4n) is 3.24. The molecule has 3 aromatic rings. The lowest BCUT2D eigenvalue weighted by atomic mass is 9.98. The number of benzene rings is 3. The third kappa shape index (κ3) is 5.17. The smallest absolute Gasteiger partial charge is 0.238 e.